The molecule has 1 N–H and O–H groups in total. The molecule has 1 aromatic heterocycles. The van der Waals surface area contributed by atoms with E-state index in [1.165, 1.54) is 24.8 Å². The maximum atomic E-state index is 4.31. The van der Waals surface area contributed by atoms with Gasteiger partial charge in [0.2, 0.25) is 0 Å². The fourth-order valence-electron chi connectivity index (χ4n) is 2.29. The lowest BCUT2D eigenvalue weighted by molar-refractivity contribution is 0.236. The average molecular weight is 207 g/mol. The quantitative estimate of drug-likeness (QED) is 0.798. The SMILES string of the molecule is CCn1cc(CC(NC)C2CCC2)cn1. The van der Waals surface area contributed by atoms with E-state index in [4.69, 9.17) is 0 Å². The van der Waals surface area contributed by atoms with Gasteiger partial charge in [-0.15, -0.1) is 0 Å². The Kier molecular flexibility index (Phi) is 3.41. The molecule has 0 spiro atoms. The smallest absolute Gasteiger partial charge is 0.0522 e. The predicted molar refractivity (Wildman–Crippen MR) is 61.8 cm³/mol. The molecule has 0 bridgehead atoms. The third-order valence-electron chi connectivity index (χ3n) is 3.56. The van der Waals surface area contributed by atoms with E-state index in [0.29, 0.717) is 6.04 Å². The molecular weight excluding hydrogens is 186 g/mol. The van der Waals surface area contributed by atoms with Crippen molar-refractivity contribution >= 4 is 0 Å². The first-order chi connectivity index (χ1) is 7.33. The highest BCUT2D eigenvalue weighted by atomic mass is 15.3. The van der Waals surface area contributed by atoms with Crippen molar-refractivity contribution in [2.45, 2.75) is 45.2 Å². The Hall–Kier alpha value is -0.830. The number of nitrogens with zero attached hydrogens (tertiary/aromatic N) is 2. The summed E-state index contributed by atoms with van der Waals surface area (Å²) in [6.45, 7) is 3.09. The van der Waals surface area contributed by atoms with E-state index in [1.807, 2.05) is 10.9 Å². The third kappa shape index (κ3) is 2.40. The molecule has 1 saturated carbocycles. The number of hydrogen-bond donors (Lipinski definition) is 1. The zero-order valence-electron chi connectivity index (χ0n) is 9.74. The maximum Gasteiger partial charge on any atom is 0.0522 e. The van der Waals surface area contributed by atoms with Crippen molar-refractivity contribution in [3.05, 3.63) is 18.0 Å². The van der Waals surface area contributed by atoms with Gasteiger partial charge in [-0.25, -0.2) is 0 Å². The van der Waals surface area contributed by atoms with Crippen LogP contribution in [-0.2, 0) is 13.0 Å². The summed E-state index contributed by atoms with van der Waals surface area (Å²) in [6, 6.07) is 0.647. The Morgan fingerprint density at radius 3 is 2.87 bits per heavy atom. The number of aryl methyl sites for hydroxylation is 1. The summed E-state index contributed by atoms with van der Waals surface area (Å²) >= 11 is 0. The Morgan fingerprint density at radius 2 is 2.40 bits per heavy atom. The maximum absolute atomic E-state index is 4.31. The number of hydrogen-bond acceptors (Lipinski definition) is 2. The van der Waals surface area contributed by atoms with E-state index in [2.05, 4.69) is 30.6 Å². The van der Waals surface area contributed by atoms with Crippen LogP contribution in [0.25, 0.3) is 0 Å². The van der Waals surface area contributed by atoms with Gasteiger partial charge in [0.15, 0.2) is 0 Å². The number of nitrogens with one attached hydrogen (secondary N) is 1. The largest absolute Gasteiger partial charge is 0.316 e. The first-order valence-corrected chi connectivity index (χ1v) is 6.02. The summed E-state index contributed by atoms with van der Waals surface area (Å²) in [5.74, 6) is 0.889. The molecule has 2 rings (SSSR count). The number of aromatic nitrogens is 2. The Morgan fingerprint density at radius 1 is 1.60 bits per heavy atom. The van der Waals surface area contributed by atoms with E-state index >= 15 is 0 Å². The number of likely N-dealkylation sites (N-methyl/N-ethyl adjacent to an activating group) is 1. The molecule has 0 amide bonds. The van der Waals surface area contributed by atoms with Gasteiger partial charge < -0.3 is 5.32 Å². The number of rotatable bonds is 5. The van der Waals surface area contributed by atoms with Gasteiger partial charge >= 0.3 is 0 Å². The van der Waals surface area contributed by atoms with Crippen LogP contribution >= 0.6 is 0 Å². The van der Waals surface area contributed by atoms with Gasteiger partial charge in [0.1, 0.15) is 0 Å². The Bertz CT molecular complexity index is 302. The highest BCUT2D eigenvalue weighted by Gasteiger charge is 2.26. The van der Waals surface area contributed by atoms with Gasteiger partial charge in [0.05, 0.1) is 6.20 Å². The van der Waals surface area contributed by atoms with Crippen LogP contribution in [0.4, 0.5) is 0 Å². The molecule has 0 radical (unpaired) electrons. The lowest BCUT2D eigenvalue weighted by atomic mass is 9.78. The van der Waals surface area contributed by atoms with Crippen LogP contribution in [0, 0.1) is 5.92 Å². The van der Waals surface area contributed by atoms with Crippen molar-refractivity contribution in [3.8, 4) is 0 Å². The Balaban J connectivity index is 1.93. The van der Waals surface area contributed by atoms with Gasteiger partial charge in [-0.3, -0.25) is 4.68 Å². The fourth-order valence-corrected chi connectivity index (χ4v) is 2.29. The zero-order chi connectivity index (χ0) is 10.7. The standard InChI is InChI=1S/C12H21N3/c1-3-15-9-10(8-14-15)7-12(13-2)11-5-4-6-11/h8-9,11-13H,3-7H2,1-2H3. The van der Waals surface area contributed by atoms with E-state index < -0.39 is 0 Å². The zero-order valence-corrected chi connectivity index (χ0v) is 9.74. The normalized spacial score (nSPS) is 18.8. The fraction of sp³-hybridized carbons (Fsp3) is 0.750. The van der Waals surface area contributed by atoms with Crippen molar-refractivity contribution < 1.29 is 0 Å². The Labute approximate surface area is 91.9 Å². The molecule has 0 saturated heterocycles. The predicted octanol–water partition coefficient (Wildman–Crippen LogP) is 1.83. The van der Waals surface area contributed by atoms with Crippen LogP contribution in [0.2, 0.25) is 0 Å². The summed E-state index contributed by atoms with van der Waals surface area (Å²) in [5.41, 5.74) is 1.36. The van der Waals surface area contributed by atoms with Crippen molar-refractivity contribution in [3.63, 3.8) is 0 Å². The minimum absolute atomic E-state index is 0.647. The second-order valence-corrected chi connectivity index (χ2v) is 4.49. The van der Waals surface area contributed by atoms with E-state index in [1.54, 1.807) is 0 Å². The molecule has 84 valence electrons. The lowest BCUT2D eigenvalue weighted by Gasteiger charge is -2.33. The van der Waals surface area contributed by atoms with Crippen LogP contribution in [-0.4, -0.2) is 22.9 Å². The van der Waals surface area contributed by atoms with Crippen LogP contribution in [0.3, 0.4) is 0 Å². The molecule has 1 unspecified atom stereocenters. The van der Waals surface area contributed by atoms with Gasteiger partial charge in [0.25, 0.3) is 0 Å². The highest BCUT2D eigenvalue weighted by molar-refractivity contribution is 5.07. The minimum Gasteiger partial charge on any atom is -0.316 e. The van der Waals surface area contributed by atoms with E-state index in [-0.39, 0.29) is 0 Å². The monoisotopic (exact) mass is 207 g/mol. The lowest BCUT2D eigenvalue weighted by Crippen LogP contribution is -2.38. The second kappa shape index (κ2) is 4.79. The first-order valence-electron chi connectivity index (χ1n) is 6.02. The van der Waals surface area contributed by atoms with Crippen molar-refractivity contribution in [1.29, 1.82) is 0 Å². The average Bonchev–Trinajstić information content (AvgIpc) is 2.61. The summed E-state index contributed by atoms with van der Waals surface area (Å²) in [5, 5.41) is 7.76. The van der Waals surface area contributed by atoms with Crippen molar-refractivity contribution in [2.24, 2.45) is 5.92 Å². The molecule has 0 aromatic carbocycles. The first kappa shape index (κ1) is 10.7. The molecule has 1 aliphatic carbocycles. The molecule has 1 aliphatic rings. The molecule has 3 nitrogen and oxygen atoms in total. The summed E-state index contributed by atoms with van der Waals surface area (Å²) in [7, 11) is 2.08. The second-order valence-electron chi connectivity index (χ2n) is 4.49. The molecule has 15 heavy (non-hydrogen) atoms. The highest BCUT2D eigenvalue weighted by Crippen LogP contribution is 2.30. The molecule has 1 aromatic rings. The van der Waals surface area contributed by atoms with E-state index in [0.717, 1.165) is 18.9 Å². The van der Waals surface area contributed by atoms with Gasteiger partial charge in [0, 0.05) is 18.8 Å². The van der Waals surface area contributed by atoms with Crippen LogP contribution in [0.5, 0.6) is 0 Å². The molecule has 1 heterocycles. The third-order valence-corrected chi connectivity index (χ3v) is 3.56. The molecule has 0 aliphatic heterocycles. The molecular formula is C12H21N3. The van der Waals surface area contributed by atoms with Gasteiger partial charge in [-0.05, 0) is 44.7 Å². The van der Waals surface area contributed by atoms with Crippen molar-refractivity contribution in [2.75, 3.05) is 7.05 Å². The topological polar surface area (TPSA) is 29.9 Å². The van der Waals surface area contributed by atoms with Crippen LogP contribution in [0.15, 0.2) is 12.4 Å². The summed E-state index contributed by atoms with van der Waals surface area (Å²) < 4.78 is 2.00. The van der Waals surface area contributed by atoms with Crippen molar-refractivity contribution in [1.82, 2.24) is 15.1 Å². The van der Waals surface area contributed by atoms with Gasteiger partial charge in [-0.2, -0.15) is 5.10 Å². The molecule has 3 heteroatoms. The summed E-state index contributed by atoms with van der Waals surface area (Å²) in [4.78, 5) is 0. The van der Waals surface area contributed by atoms with E-state index in [9.17, 15) is 0 Å². The minimum atomic E-state index is 0.647. The summed E-state index contributed by atoms with van der Waals surface area (Å²) in [6.07, 6.45) is 9.51. The van der Waals surface area contributed by atoms with Crippen LogP contribution < -0.4 is 5.32 Å². The van der Waals surface area contributed by atoms with Gasteiger partial charge in [-0.1, -0.05) is 6.42 Å². The molecule has 1 atom stereocenters. The van der Waals surface area contributed by atoms with Crippen LogP contribution in [0.1, 0.15) is 31.7 Å². The molecule has 1 fully saturated rings.